The Morgan fingerprint density at radius 1 is 1.44 bits per heavy atom. The molecule has 0 bridgehead atoms. The van der Waals surface area contributed by atoms with E-state index in [1.54, 1.807) is 4.68 Å². The first kappa shape index (κ1) is 10.1. The van der Waals surface area contributed by atoms with Gasteiger partial charge in [0.15, 0.2) is 9.84 Å². The number of fused-ring (bicyclic) bond motifs is 1. The van der Waals surface area contributed by atoms with Crippen molar-refractivity contribution in [1.29, 1.82) is 0 Å². The Balaban J connectivity index is 1.94. The molecule has 0 unspecified atom stereocenters. The predicted molar refractivity (Wildman–Crippen MR) is 59.7 cm³/mol. The molecule has 0 radical (unpaired) electrons. The lowest BCUT2D eigenvalue weighted by Gasteiger charge is -2.26. The normalized spacial score (nSPS) is 23.8. The summed E-state index contributed by atoms with van der Waals surface area (Å²) >= 11 is 0. The molecule has 0 aromatic carbocycles. The molecule has 0 spiro atoms. The number of rotatable bonds is 1. The maximum Gasteiger partial charge on any atom is 0.154 e. The van der Waals surface area contributed by atoms with E-state index in [9.17, 15) is 8.42 Å². The summed E-state index contributed by atoms with van der Waals surface area (Å²) in [5.41, 5.74) is 8.04. The minimum absolute atomic E-state index is 0.0596. The van der Waals surface area contributed by atoms with Gasteiger partial charge in [-0.15, -0.1) is 0 Å². The van der Waals surface area contributed by atoms with E-state index in [-0.39, 0.29) is 17.5 Å². The van der Waals surface area contributed by atoms with Crippen molar-refractivity contribution >= 4 is 15.7 Å². The molecule has 1 aromatic rings. The first-order valence-corrected chi connectivity index (χ1v) is 7.16. The molecule has 0 saturated carbocycles. The topological polar surface area (TPSA) is 90.0 Å². The highest BCUT2D eigenvalue weighted by Gasteiger charge is 2.37. The molecule has 2 aliphatic heterocycles. The summed E-state index contributed by atoms with van der Waals surface area (Å²) in [6.45, 7) is 1.65. The van der Waals surface area contributed by atoms with Gasteiger partial charge in [0.1, 0.15) is 5.82 Å². The average Bonchev–Trinajstić information content (AvgIpc) is 2.53. The van der Waals surface area contributed by atoms with Crippen molar-refractivity contribution in [2.45, 2.75) is 19.0 Å². The number of nitrogens with one attached hydrogen (secondary N) is 1. The predicted octanol–water partition coefficient (Wildman–Crippen LogP) is -0.920. The summed E-state index contributed by atoms with van der Waals surface area (Å²) in [5.74, 6) is 0.971. The van der Waals surface area contributed by atoms with Crippen molar-refractivity contribution in [1.82, 2.24) is 15.1 Å². The molecule has 1 fully saturated rings. The quantitative estimate of drug-likeness (QED) is 0.665. The Kier molecular flexibility index (Phi) is 2.02. The van der Waals surface area contributed by atoms with Gasteiger partial charge in [-0.25, -0.2) is 13.1 Å². The van der Waals surface area contributed by atoms with E-state index in [1.165, 1.54) is 0 Å². The monoisotopic (exact) mass is 242 g/mol. The molecule has 3 N–H and O–H groups in total. The molecular weight excluding hydrogens is 228 g/mol. The van der Waals surface area contributed by atoms with Gasteiger partial charge < -0.3 is 11.1 Å². The van der Waals surface area contributed by atoms with Crippen LogP contribution in [-0.4, -0.2) is 36.2 Å². The molecular formula is C9H14N4O2S. The van der Waals surface area contributed by atoms with Gasteiger partial charge in [0.25, 0.3) is 0 Å². The number of aromatic nitrogens is 2. The lowest BCUT2D eigenvalue weighted by Crippen LogP contribution is -2.39. The van der Waals surface area contributed by atoms with Crippen molar-refractivity contribution in [2.24, 2.45) is 0 Å². The second-order valence-corrected chi connectivity index (χ2v) is 6.57. The Morgan fingerprint density at radius 2 is 2.19 bits per heavy atom. The fourth-order valence-corrected chi connectivity index (χ4v) is 3.66. The van der Waals surface area contributed by atoms with Crippen molar-refractivity contribution in [2.75, 3.05) is 23.8 Å². The second kappa shape index (κ2) is 3.21. The summed E-state index contributed by atoms with van der Waals surface area (Å²) in [7, 11) is -2.83. The van der Waals surface area contributed by atoms with Crippen LogP contribution in [0.1, 0.15) is 17.3 Å². The lowest BCUT2D eigenvalue weighted by molar-refractivity contribution is 0.475. The van der Waals surface area contributed by atoms with Crippen LogP contribution in [-0.2, 0) is 22.8 Å². The van der Waals surface area contributed by atoms with Gasteiger partial charge in [0, 0.05) is 25.1 Å². The van der Waals surface area contributed by atoms with Crippen LogP contribution in [0.25, 0.3) is 0 Å². The zero-order chi connectivity index (χ0) is 11.3. The molecule has 0 amide bonds. The van der Waals surface area contributed by atoms with Crippen LogP contribution < -0.4 is 11.1 Å². The second-order valence-electron chi connectivity index (χ2n) is 4.41. The van der Waals surface area contributed by atoms with Crippen LogP contribution in [0.15, 0.2) is 0 Å². The zero-order valence-electron chi connectivity index (χ0n) is 8.81. The molecule has 1 saturated heterocycles. The Morgan fingerprint density at radius 3 is 2.81 bits per heavy atom. The number of hydrogen-bond acceptors (Lipinski definition) is 5. The Labute approximate surface area is 93.7 Å². The van der Waals surface area contributed by atoms with Crippen molar-refractivity contribution in [3.63, 3.8) is 0 Å². The first-order valence-electron chi connectivity index (χ1n) is 5.34. The zero-order valence-corrected chi connectivity index (χ0v) is 9.63. The maximum atomic E-state index is 11.1. The van der Waals surface area contributed by atoms with Gasteiger partial charge in [0.05, 0.1) is 23.2 Å². The number of anilines is 1. The smallest absolute Gasteiger partial charge is 0.154 e. The lowest BCUT2D eigenvalue weighted by atomic mass is 10.1. The fraction of sp³-hybridized carbons (Fsp3) is 0.667. The highest BCUT2D eigenvalue weighted by molar-refractivity contribution is 7.92. The summed E-state index contributed by atoms with van der Waals surface area (Å²) in [6.07, 6.45) is 0.867. The maximum absolute atomic E-state index is 11.1. The van der Waals surface area contributed by atoms with Gasteiger partial charge in [-0.3, -0.25) is 0 Å². The van der Waals surface area contributed by atoms with Gasteiger partial charge in [-0.05, 0) is 0 Å². The number of nitrogens with two attached hydrogens (primary N) is 1. The minimum atomic E-state index is -2.83. The standard InChI is InChI=1S/C9H14N4O2S/c10-9-7-3-11-2-1-8(7)12-13(9)6-4-16(14,15)5-6/h6,11H,1-5,10H2. The number of nitrogen functional groups attached to an aromatic ring is 1. The molecule has 2 aliphatic rings. The fourth-order valence-electron chi connectivity index (χ4n) is 2.30. The number of hydrogen-bond donors (Lipinski definition) is 2. The van der Waals surface area contributed by atoms with E-state index in [2.05, 4.69) is 10.4 Å². The summed E-state index contributed by atoms with van der Waals surface area (Å²) < 4.78 is 24.0. The summed E-state index contributed by atoms with van der Waals surface area (Å²) in [5, 5.41) is 7.66. The van der Waals surface area contributed by atoms with E-state index in [0.29, 0.717) is 5.82 Å². The highest BCUT2D eigenvalue weighted by Crippen LogP contribution is 2.29. The molecule has 3 rings (SSSR count). The third-order valence-electron chi connectivity index (χ3n) is 3.21. The number of nitrogens with zero attached hydrogens (tertiary/aromatic N) is 2. The molecule has 88 valence electrons. The SMILES string of the molecule is Nc1c2c(nn1C1CS(=O)(=O)C1)CCNC2. The first-order chi connectivity index (χ1) is 7.57. The van der Waals surface area contributed by atoms with Crippen molar-refractivity contribution in [3.8, 4) is 0 Å². The van der Waals surface area contributed by atoms with Crippen LogP contribution in [0, 0.1) is 0 Å². The van der Waals surface area contributed by atoms with Crippen LogP contribution in [0.3, 0.4) is 0 Å². The van der Waals surface area contributed by atoms with E-state index >= 15 is 0 Å². The van der Waals surface area contributed by atoms with Crippen molar-refractivity contribution in [3.05, 3.63) is 11.3 Å². The highest BCUT2D eigenvalue weighted by atomic mass is 32.2. The van der Waals surface area contributed by atoms with Gasteiger partial charge in [-0.2, -0.15) is 5.10 Å². The average molecular weight is 242 g/mol. The van der Waals surface area contributed by atoms with Crippen LogP contribution >= 0.6 is 0 Å². The number of sulfone groups is 1. The molecule has 16 heavy (non-hydrogen) atoms. The molecule has 7 heteroatoms. The van der Waals surface area contributed by atoms with Crippen LogP contribution in [0.4, 0.5) is 5.82 Å². The third kappa shape index (κ3) is 1.42. The summed E-state index contributed by atoms with van der Waals surface area (Å²) in [6, 6.07) is -0.0596. The van der Waals surface area contributed by atoms with Gasteiger partial charge in [0.2, 0.25) is 0 Å². The minimum Gasteiger partial charge on any atom is -0.384 e. The van der Waals surface area contributed by atoms with Crippen LogP contribution in [0.2, 0.25) is 0 Å². The molecule has 0 aliphatic carbocycles. The van der Waals surface area contributed by atoms with Crippen molar-refractivity contribution < 1.29 is 8.42 Å². The Bertz CT molecular complexity index is 522. The Hall–Kier alpha value is -1.08. The summed E-state index contributed by atoms with van der Waals surface area (Å²) in [4.78, 5) is 0. The van der Waals surface area contributed by atoms with Gasteiger partial charge >= 0.3 is 0 Å². The molecule has 1 aromatic heterocycles. The largest absolute Gasteiger partial charge is 0.384 e. The molecule has 6 nitrogen and oxygen atoms in total. The molecule has 3 heterocycles. The molecule has 0 atom stereocenters. The van der Waals surface area contributed by atoms with E-state index in [4.69, 9.17) is 5.73 Å². The van der Waals surface area contributed by atoms with E-state index in [0.717, 1.165) is 30.8 Å². The van der Waals surface area contributed by atoms with E-state index in [1.807, 2.05) is 0 Å². The van der Waals surface area contributed by atoms with Crippen LogP contribution in [0.5, 0.6) is 0 Å². The van der Waals surface area contributed by atoms with Gasteiger partial charge in [-0.1, -0.05) is 0 Å². The van der Waals surface area contributed by atoms with E-state index < -0.39 is 9.84 Å². The third-order valence-corrected chi connectivity index (χ3v) is 5.00.